The zero-order valence-corrected chi connectivity index (χ0v) is 21.4. The van der Waals surface area contributed by atoms with Gasteiger partial charge in [-0.3, -0.25) is 4.79 Å². The predicted octanol–water partition coefficient (Wildman–Crippen LogP) is 3.71. The summed E-state index contributed by atoms with van der Waals surface area (Å²) in [5, 5.41) is 16.4. The van der Waals surface area contributed by atoms with E-state index >= 15 is 4.39 Å². The van der Waals surface area contributed by atoms with Crippen LogP contribution >= 0.6 is 0 Å². The highest BCUT2D eigenvalue weighted by molar-refractivity contribution is 6.18. The van der Waals surface area contributed by atoms with E-state index in [0.29, 0.717) is 51.2 Å². The molecule has 0 radical (unpaired) electrons. The van der Waals surface area contributed by atoms with Gasteiger partial charge in [0.2, 0.25) is 5.43 Å². The molecule has 0 amide bonds. The van der Waals surface area contributed by atoms with Crippen LogP contribution in [0.15, 0.2) is 35.5 Å². The summed E-state index contributed by atoms with van der Waals surface area (Å²) in [7, 11) is 5.15. The standard InChI is InChI=1S/C27H25F2N7O3/c1-30-18-7-17(28)21(29)19-20-23(35(2)3)15(10-32-25(20)34-22(18)19)12-6-14-24(37)16(27(38)39)11-36(26(14)33-8-12)13-4-5-31-9-13/h6-8,10-11,13,30-31H,4-5,9H2,1-3H3,(H,32,34)(H,38,39)/t13-/m1/s1. The number of halogens is 2. The highest BCUT2D eigenvalue weighted by Gasteiger charge is 2.25. The van der Waals surface area contributed by atoms with Crippen LogP contribution in [-0.4, -0.2) is 64.8 Å². The Balaban J connectivity index is 1.67. The third kappa shape index (κ3) is 3.70. The molecule has 1 aromatic carbocycles. The largest absolute Gasteiger partial charge is 0.477 e. The van der Waals surface area contributed by atoms with E-state index in [4.69, 9.17) is 0 Å². The van der Waals surface area contributed by atoms with E-state index in [1.165, 1.54) is 6.20 Å². The summed E-state index contributed by atoms with van der Waals surface area (Å²) in [4.78, 5) is 39.1. The molecule has 0 unspecified atom stereocenters. The number of aromatic nitrogens is 4. The van der Waals surface area contributed by atoms with Crippen molar-refractivity contribution in [3.63, 3.8) is 0 Å². The van der Waals surface area contributed by atoms with E-state index < -0.39 is 23.0 Å². The molecule has 10 nitrogen and oxygen atoms in total. The van der Waals surface area contributed by atoms with Crippen molar-refractivity contribution in [2.45, 2.75) is 12.5 Å². The number of carboxylic acid groups (broad SMARTS) is 1. The number of carboxylic acids is 1. The van der Waals surface area contributed by atoms with Gasteiger partial charge >= 0.3 is 5.97 Å². The quantitative estimate of drug-likeness (QED) is 0.269. The fourth-order valence-electron chi connectivity index (χ4n) is 5.50. The maximum atomic E-state index is 15.2. The summed E-state index contributed by atoms with van der Waals surface area (Å²) >= 11 is 0. The number of hydrogen-bond acceptors (Lipinski definition) is 7. The highest BCUT2D eigenvalue weighted by Crippen LogP contribution is 2.42. The van der Waals surface area contributed by atoms with E-state index in [-0.39, 0.29) is 22.4 Å². The van der Waals surface area contributed by atoms with Gasteiger partial charge in [0, 0.05) is 69.5 Å². The van der Waals surface area contributed by atoms with Crippen LogP contribution in [-0.2, 0) is 0 Å². The molecule has 200 valence electrons. The molecule has 1 atom stereocenters. The number of pyridine rings is 3. The van der Waals surface area contributed by atoms with Gasteiger partial charge in [-0.1, -0.05) is 0 Å². The Bertz CT molecular complexity index is 1870. The van der Waals surface area contributed by atoms with E-state index in [1.807, 2.05) is 0 Å². The predicted molar refractivity (Wildman–Crippen MR) is 146 cm³/mol. The molecule has 0 spiro atoms. The lowest BCUT2D eigenvalue weighted by Crippen LogP contribution is -2.23. The third-order valence-corrected chi connectivity index (χ3v) is 7.32. The van der Waals surface area contributed by atoms with Gasteiger partial charge < -0.3 is 30.2 Å². The number of rotatable bonds is 5. The molecule has 4 aromatic heterocycles. The summed E-state index contributed by atoms with van der Waals surface area (Å²) in [6.07, 6.45) is 5.29. The Labute approximate surface area is 220 Å². The van der Waals surface area contributed by atoms with Crippen LogP contribution in [0.4, 0.5) is 20.2 Å². The van der Waals surface area contributed by atoms with Gasteiger partial charge in [0.25, 0.3) is 0 Å². The molecule has 39 heavy (non-hydrogen) atoms. The molecule has 4 N–H and O–H groups in total. The monoisotopic (exact) mass is 533 g/mol. The molecule has 1 fully saturated rings. The van der Waals surface area contributed by atoms with Gasteiger partial charge in [0.05, 0.1) is 33.1 Å². The molecule has 6 rings (SSSR count). The highest BCUT2D eigenvalue weighted by atomic mass is 19.2. The van der Waals surface area contributed by atoms with Gasteiger partial charge in [0.1, 0.15) is 16.9 Å². The van der Waals surface area contributed by atoms with Crippen LogP contribution in [0.1, 0.15) is 22.8 Å². The lowest BCUT2D eigenvalue weighted by Gasteiger charge is -2.20. The van der Waals surface area contributed by atoms with Gasteiger partial charge in [-0.15, -0.1) is 0 Å². The van der Waals surface area contributed by atoms with E-state index in [9.17, 15) is 19.1 Å². The van der Waals surface area contributed by atoms with Crippen molar-refractivity contribution < 1.29 is 18.7 Å². The summed E-state index contributed by atoms with van der Waals surface area (Å²) in [6, 6.07) is 2.63. The Kier molecular flexibility index (Phi) is 5.72. The minimum Gasteiger partial charge on any atom is -0.477 e. The lowest BCUT2D eigenvalue weighted by atomic mass is 10.0. The molecule has 0 saturated carbocycles. The first kappa shape index (κ1) is 24.7. The smallest absolute Gasteiger partial charge is 0.341 e. The van der Waals surface area contributed by atoms with Crippen LogP contribution in [0.2, 0.25) is 0 Å². The maximum Gasteiger partial charge on any atom is 0.341 e. The van der Waals surface area contributed by atoms with Crippen LogP contribution < -0.4 is 21.0 Å². The summed E-state index contributed by atoms with van der Waals surface area (Å²) in [6.45, 7) is 1.40. The number of aromatic carboxylic acids is 1. The summed E-state index contributed by atoms with van der Waals surface area (Å²) in [5.74, 6) is -3.33. The first-order chi connectivity index (χ1) is 18.7. The number of carbonyl (C=O) groups is 1. The Morgan fingerprint density at radius 3 is 2.67 bits per heavy atom. The fourth-order valence-corrected chi connectivity index (χ4v) is 5.50. The summed E-state index contributed by atoms with van der Waals surface area (Å²) in [5.41, 5.74) is 2.03. The number of anilines is 2. The second-order valence-electron chi connectivity index (χ2n) is 9.81. The van der Waals surface area contributed by atoms with Gasteiger partial charge in [0.15, 0.2) is 11.6 Å². The molecule has 1 aliphatic heterocycles. The van der Waals surface area contributed by atoms with Crippen molar-refractivity contribution in [3.05, 3.63) is 58.1 Å². The van der Waals surface area contributed by atoms with Crippen LogP contribution in [0.3, 0.4) is 0 Å². The van der Waals surface area contributed by atoms with Gasteiger partial charge in [-0.25, -0.2) is 23.5 Å². The molecule has 1 aliphatic rings. The second kappa shape index (κ2) is 9.02. The van der Waals surface area contributed by atoms with Crippen LogP contribution in [0.5, 0.6) is 0 Å². The van der Waals surface area contributed by atoms with E-state index in [2.05, 4.69) is 25.6 Å². The zero-order chi connectivity index (χ0) is 27.6. The van der Waals surface area contributed by atoms with Crippen molar-refractivity contribution >= 4 is 50.3 Å². The zero-order valence-electron chi connectivity index (χ0n) is 21.4. The number of hydrogen-bond donors (Lipinski definition) is 4. The molecular weight excluding hydrogens is 508 g/mol. The Hall–Kier alpha value is -4.58. The number of benzene rings is 1. The fraction of sp³-hybridized carbons (Fsp3) is 0.259. The SMILES string of the molecule is CNc1cc(F)c(F)c2c1[nH]c1ncc(-c3cnc4c(c3)c(=O)c(C(=O)O)cn4[C@@H]3CCNC3)c(N(C)C)c12. The van der Waals surface area contributed by atoms with Gasteiger partial charge in [-0.05, 0) is 19.0 Å². The Morgan fingerprint density at radius 1 is 1.21 bits per heavy atom. The normalized spacial score (nSPS) is 15.5. The Morgan fingerprint density at radius 2 is 2.00 bits per heavy atom. The van der Waals surface area contributed by atoms with Crippen molar-refractivity contribution in [2.24, 2.45) is 0 Å². The molecule has 12 heteroatoms. The van der Waals surface area contributed by atoms with Crippen LogP contribution in [0, 0.1) is 11.6 Å². The minimum absolute atomic E-state index is 0.0467. The third-order valence-electron chi connectivity index (χ3n) is 7.32. The van der Waals surface area contributed by atoms with Gasteiger partial charge in [-0.2, -0.15) is 0 Å². The molecule has 0 aliphatic carbocycles. The number of nitrogens with zero attached hydrogens (tertiary/aromatic N) is 4. The first-order valence-electron chi connectivity index (χ1n) is 12.4. The van der Waals surface area contributed by atoms with Crippen molar-refractivity contribution in [1.29, 1.82) is 0 Å². The number of fused-ring (bicyclic) bond motifs is 4. The molecule has 0 bridgehead atoms. The lowest BCUT2D eigenvalue weighted by molar-refractivity contribution is 0.0694. The van der Waals surface area contributed by atoms with Crippen molar-refractivity contribution in [1.82, 2.24) is 24.8 Å². The molecular formula is C27H25F2N7O3. The number of nitrogens with one attached hydrogen (secondary N) is 3. The molecule has 5 aromatic rings. The number of H-pyrrole nitrogens is 1. The maximum absolute atomic E-state index is 15.2. The first-order valence-corrected chi connectivity index (χ1v) is 12.4. The minimum atomic E-state index is -1.32. The molecule has 1 saturated heterocycles. The number of aromatic amines is 1. The van der Waals surface area contributed by atoms with Crippen molar-refractivity contribution in [3.8, 4) is 11.1 Å². The average Bonchev–Trinajstić information content (AvgIpc) is 3.58. The van der Waals surface area contributed by atoms with Crippen LogP contribution in [0.25, 0.3) is 44.1 Å². The van der Waals surface area contributed by atoms with E-state index in [0.717, 1.165) is 19.0 Å². The summed E-state index contributed by atoms with van der Waals surface area (Å²) < 4.78 is 31.6. The van der Waals surface area contributed by atoms with E-state index in [1.54, 1.807) is 49.1 Å². The molecule has 5 heterocycles. The topological polar surface area (TPSA) is 128 Å². The second-order valence-corrected chi connectivity index (χ2v) is 9.81. The van der Waals surface area contributed by atoms with Crippen molar-refractivity contribution in [2.75, 3.05) is 44.4 Å². The average molecular weight is 534 g/mol.